The molecule has 6 nitrogen and oxygen atoms in total. The van der Waals surface area contributed by atoms with Crippen LogP contribution in [0.15, 0.2) is 23.9 Å². The van der Waals surface area contributed by atoms with Gasteiger partial charge in [0.2, 0.25) is 0 Å². The molecular formula is C13H11Cl2NO5. The van der Waals surface area contributed by atoms with Gasteiger partial charge in [-0.25, -0.2) is 9.59 Å². The van der Waals surface area contributed by atoms with E-state index in [0.717, 1.165) is 6.20 Å². The number of esters is 2. The Morgan fingerprint density at radius 1 is 1.19 bits per heavy atom. The average Bonchev–Trinajstić information content (AvgIpc) is 2.32. The Hall–Kier alpha value is -1.92. The Bertz CT molecular complexity index is 632. The van der Waals surface area contributed by atoms with Crippen molar-refractivity contribution in [2.75, 3.05) is 5.32 Å². The second-order valence-electron chi connectivity index (χ2n) is 4.66. The van der Waals surface area contributed by atoms with E-state index >= 15 is 0 Å². The van der Waals surface area contributed by atoms with E-state index in [-0.39, 0.29) is 27.1 Å². The lowest BCUT2D eigenvalue weighted by Crippen LogP contribution is -2.42. The van der Waals surface area contributed by atoms with Crippen molar-refractivity contribution in [3.63, 3.8) is 0 Å². The lowest BCUT2D eigenvalue weighted by molar-refractivity contribution is -0.222. The van der Waals surface area contributed by atoms with Crippen LogP contribution in [0.2, 0.25) is 10.0 Å². The Balaban J connectivity index is 2.26. The van der Waals surface area contributed by atoms with Crippen molar-refractivity contribution in [2.45, 2.75) is 19.6 Å². The summed E-state index contributed by atoms with van der Waals surface area (Å²) in [5.41, 5.74) is -0.213. The minimum absolute atomic E-state index is 0.0262. The Morgan fingerprint density at radius 3 is 2.33 bits per heavy atom. The summed E-state index contributed by atoms with van der Waals surface area (Å²) in [6.45, 7) is 2.88. The molecule has 0 spiro atoms. The Morgan fingerprint density at radius 2 is 1.76 bits per heavy atom. The van der Waals surface area contributed by atoms with Gasteiger partial charge in [0.25, 0.3) is 5.79 Å². The van der Waals surface area contributed by atoms with Crippen LogP contribution in [0.3, 0.4) is 0 Å². The molecule has 112 valence electrons. The average molecular weight is 332 g/mol. The van der Waals surface area contributed by atoms with Crippen LogP contribution in [0.4, 0.5) is 5.69 Å². The molecule has 0 amide bonds. The van der Waals surface area contributed by atoms with Crippen molar-refractivity contribution in [3.05, 3.63) is 34.0 Å². The number of hydrogen-bond donors (Lipinski definition) is 2. The molecule has 0 atom stereocenters. The molecule has 1 aliphatic heterocycles. The maximum absolute atomic E-state index is 11.7. The minimum atomic E-state index is -1.31. The number of carbonyl (C=O) groups is 2. The van der Waals surface area contributed by atoms with Gasteiger partial charge in [-0.1, -0.05) is 23.2 Å². The highest BCUT2D eigenvalue weighted by Crippen LogP contribution is 2.35. The third-order valence-electron chi connectivity index (χ3n) is 2.52. The van der Waals surface area contributed by atoms with E-state index in [4.69, 9.17) is 32.7 Å². The van der Waals surface area contributed by atoms with Crippen LogP contribution >= 0.6 is 23.2 Å². The number of aromatic hydroxyl groups is 1. The van der Waals surface area contributed by atoms with E-state index < -0.39 is 17.7 Å². The molecule has 1 heterocycles. The first-order valence-electron chi connectivity index (χ1n) is 5.81. The molecule has 1 aromatic carbocycles. The molecule has 0 bridgehead atoms. The lowest BCUT2D eigenvalue weighted by atomic mass is 10.2. The van der Waals surface area contributed by atoms with Crippen LogP contribution in [-0.4, -0.2) is 22.8 Å². The van der Waals surface area contributed by atoms with Gasteiger partial charge >= 0.3 is 11.9 Å². The number of halogens is 2. The minimum Gasteiger partial charge on any atom is -0.504 e. The van der Waals surface area contributed by atoms with Crippen LogP contribution in [0.5, 0.6) is 5.75 Å². The van der Waals surface area contributed by atoms with Gasteiger partial charge in [-0.3, -0.25) is 0 Å². The quantitative estimate of drug-likeness (QED) is 0.375. The fourth-order valence-electron chi connectivity index (χ4n) is 1.60. The lowest BCUT2D eigenvalue weighted by Gasteiger charge is -2.29. The summed E-state index contributed by atoms with van der Waals surface area (Å²) >= 11 is 11.6. The highest BCUT2D eigenvalue weighted by Gasteiger charge is 2.38. The zero-order valence-corrected chi connectivity index (χ0v) is 12.6. The molecule has 0 aromatic heterocycles. The first kappa shape index (κ1) is 15.5. The number of rotatable bonds is 2. The summed E-state index contributed by atoms with van der Waals surface area (Å²) in [6, 6.07) is 2.73. The van der Waals surface area contributed by atoms with E-state index in [2.05, 4.69) is 5.32 Å². The topological polar surface area (TPSA) is 84.9 Å². The standard InChI is InChI=1S/C13H11Cl2NO5/c1-13(2)20-11(18)7(12(19)21-13)5-16-9-4-6(14)3-8(15)10(9)17/h3-5,16-17H,1-2H3. The first-order chi connectivity index (χ1) is 9.69. The Labute approximate surface area is 130 Å². The number of carbonyl (C=O) groups excluding carboxylic acids is 2. The number of phenols is 1. The van der Waals surface area contributed by atoms with Gasteiger partial charge in [0, 0.05) is 25.1 Å². The van der Waals surface area contributed by atoms with Crippen LogP contribution < -0.4 is 5.32 Å². The molecule has 0 aliphatic carbocycles. The third-order valence-corrected chi connectivity index (χ3v) is 3.02. The highest BCUT2D eigenvalue weighted by molar-refractivity contribution is 6.36. The van der Waals surface area contributed by atoms with Gasteiger partial charge in [0.05, 0.1) is 10.7 Å². The van der Waals surface area contributed by atoms with Gasteiger partial charge < -0.3 is 19.9 Å². The molecule has 21 heavy (non-hydrogen) atoms. The molecule has 0 saturated carbocycles. The number of nitrogens with one attached hydrogen (secondary N) is 1. The number of phenolic OH excluding ortho intramolecular Hbond substituents is 1. The van der Waals surface area contributed by atoms with Crippen molar-refractivity contribution >= 4 is 40.8 Å². The highest BCUT2D eigenvalue weighted by atomic mass is 35.5. The Kier molecular flexibility index (Phi) is 4.02. The van der Waals surface area contributed by atoms with Crippen molar-refractivity contribution < 1.29 is 24.2 Å². The van der Waals surface area contributed by atoms with Gasteiger partial charge in [-0.05, 0) is 12.1 Å². The molecule has 1 saturated heterocycles. The fourth-order valence-corrected chi connectivity index (χ4v) is 2.10. The smallest absolute Gasteiger partial charge is 0.350 e. The van der Waals surface area contributed by atoms with Crippen LogP contribution in [0.25, 0.3) is 0 Å². The van der Waals surface area contributed by atoms with Gasteiger partial charge in [-0.15, -0.1) is 0 Å². The number of benzene rings is 1. The molecule has 0 radical (unpaired) electrons. The SMILES string of the molecule is CC1(C)OC(=O)C(=CNc2cc(Cl)cc(Cl)c2O)C(=O)O1. The first-order valence-corrected chi connectivity index (χ1v) is 6.56. The summed E-state index contributed by atoms with van der Waals surface area (Å²) in [7, 11) is 0. The van der Waals surface area contributed by atoms with Gasteiger partial charge in [0.15, 0.2) is 11.3 Å². The zero-order valence-electron chi connectivity index (χ0n) is 11.1. The van der Waals surface area contributed by atoms with Crippen molar-refractivity contribution in [2.24, 2.45) is 0 Å². The summed E-state index contributed by atoms with van der Waals surface area (Å²) in [5.74, 6) is -3.25. The zero-order chi connectivity index (χ0) is 15.8. The number of hydrogen-bond acceptors (Lipinski definition) is 6. The van der Waals surface area contributed by atoms with E-state index in [1.54, 1.807) is 0 Å². The summed E-state index contributed by atoms with van der Waals surface area (Å²) in [4.78, 5) is 23.4. The molecular weight excluding hydrogens is 321 g/mol. The third kappa shape index (κ3) is 3.40. The molecule has 1 aromatic rings. The predicted molar refractivity (Wildman–Crippen MR) is 76.1 cm³/mol. The number of anilines is 1. The maximum Gasteiger partial charge on any atom is 0.350 e. The summed E-state index contributed by atoms with van der Waals surface area (Å²) < 4.78 is 9.84. The molecule has 2 N–H and O–H groups in total. The van der Waals surface area contributed by atoms with E-state index in [1.807, 2.05) is 0 Å². The van der Waals surface area contributed by atoms with E-state index in [0.29, 0.717) is 0 Å². The van der Waals surface area contributed by atoms with Crippen LogP contribution in [0.1, 0.15) is 13.8 Å². The van der Waals surface area contributed by atoms with Gasteiger partial charge in [0.1, 0.15) is 0 Å². The second-order valence-corrected chi connectivity index (χ2v) is 5.51. The number of cyclic esters (lactones) is 2. The van der Waals surface area contributed by atoms with Crippen molar-refractivity contribution in [1.29, 1.82) is 0 Å². The van der Waals surface area contributed by atoms with Gasteiger partial charge in [-0.2, -0.15) is 0 Å². The molecule has 0 unspecified atom stereocenters. The fraction of sp³-hybridized carbons (Fsp3) is 0.231. The normalized spacial score (nSPS) is 17.0. The van der Waals surface area contributed by atoms with E-state index in [9.17, 15) is 14.7 Å². The summed E-state index contributed by atoms with van der Waals surface area (Å²) in [5, 5.41) is 12.6. The molecule has 1 fully saturated rings. The molecule has 2 rings (SSSR count). The molecule has 8 heteroatoms. The maximum atomic E-state index is 11.7. The van der Waals surface area contributed by atoms with Crippen molar-refractivity contribution in [1.82, 2.24) is 0 Å². The second kappa shape index (κ2) is 5.46. The van der Waals surface area contributed by atoms with E-state index in [1.165, 1.54) is 26.0 Å². The van der Waals surface area contributed by atoms with Crippen LogP contribution in [0, 0.1) is 0 Å². The largest absolute Gasteiger partial charge is 0.504 e. The monoisotopic (exact) mass is 331 g/mol. The summed E-state index contributed by atoms with van der Waals surface area (Å²) in [6.07, 6.45) is 1.06. The van der Waals surface area contributed by atoms with Crippen molar-refractivity contribution in [3.8, 4) is 5.75 Å². The molecule has 1 aliphatic rings. The number of ether oxygens (including phenoxy) is 2. The van der Waals surface area contributed by atoms with Crippen LogP contribution in [-0.2, 0) is 19.1 Å². The predicted octanol–water partition coefficient (Wildman–Crippen LogP) is 2.83.